The molecule has 0 saturated carbocycles. The molecule has 5 nitrogen and oxygen atoms in total. The predicted molar refractivity (Wildman–Crippen MR) is 63.1 cm³/mol. The van der Waals surface area contributed by atoms with Crippen LogP contribution in [-0.2, 0) is 11.3 Å². The molecule has 0 aliphatic rings. The van der Waals surface area contributed by atoms with Gasteiger partial charge in [0, 0.05) is 12.2 Å². The second-order valence-corrected chi connectivity index (χ2v) is 4.79. The van der Waals surface area contributed by atoms with Gasteiger partial charge in [-0.05, 0) is 20.8 Å². The Morgan fingerprint density at radius 3 is 2.75 bits per heavy atom. The van der Waals surface area contributed by atoms with Crippen LogP contribution in [0.4, 0.5) is 0 Å². The van der Waals surface area contributed by atoms with Crippen LogP contribution in [0.15, 0.2) is 12.4 Å². The number of nitrogens with zero attached hydrogens (tertiary/aromatic N) is 2. The van der Waals surface area contributed by atoms with E-state index in [2.05, 4.69) is 10.4 Å². The van der Waals surface area contributed by atoms with Gasteiger partial charge in [0.1, 0.15) is 5.54 Å². The second-order valence-electron chi connectivity index (χ2n) is 4.35. The van der Waals surface area contributed by atoms with Crippen molar-refractivity contribution in [2.75, 3.05) is 0 Å². The van der Waals surface area contributed by atoms with Crippen LogP contribution in [0.2, 0.25) is 5.02 Å². The highest BCUT2D eigenvalue weighted by Gasteiger charge is 2.32. The van der Waals surface area contributed by atoms with Crippen molar-refractivity contribution in [1.29, 1.82) is 0 Å². The summed E-state index contributed by atoms with van der Waals surface area (Å²) in [7, 11) is 0. The molecule has 3 N–H and O–H groups in total. The lowest BCUT2D eigenvalue weighted by atomic mass is 10.0. The Morgan fingerprint density at radius 2 is 2.38 bits per heavy atom. The third-order valence-electron chi connectivity index (χ3n) is 2.23. The lowest BCUT2D eigenvalue weighted by Crippen LogP contribution is -2.58. The van der Waals surface area contributed by atoms with Crippen LogP contribution in [-0.4, -0.2) is 27.3 Å². The highest BCUT2D eigenvalue weighted by Crippen LogP contribution is 2.11. The number of nitrogens with one attached hydrogen (secondary N) is 1. The molecule has 0 aromatic carbocycles. The van der Waals surface area contributed by atoms with Gasteiger partial charge in [0.05, 0.1) is 17.8 Å². The molecule has 1 heterocycles. The average molecular weight is 245 g/mol. The number of hydrogen-bond donors (Lipinski definition) is 2. The fourth-order valence-electron chi connectivity index (χ4n) is 1.58. The molecule has 1 atom stereocenters. The molecule has 0 aliphatic heterocycles. The Hall–Kier alpha value is -1.07. The molecule has 1 aromatic heterocycles. The van der Waals surface area contributed by atoms with Crippen molar-refractivity contribution < 1.29 is 4.79 Å². The molecule has 0 aliphatic carbocycles. The molecule has 16 heavy (non-hydrogen) atoms. The number of primary amides is 1. The van der Waals surface area contributed by atoms with E-state index < -0.39 is 11.4 Å². The summed E-state index contributed by atoms with van der Waals surface area (Å²) in [5.41, 5.74) is 4.57. The number of carbonyl (C=O) groups is 1. The van der Waals surface area contributed by atoms with E-state index >= 15 is 0 Å². The Balaban J connectivity index is 2.82. The molecular weight excluding hydrogens is 228 g/mol. The molecule has 1 aromatic rings. The first-order valence-corrected chi connectivity index (χ1v) is 5.47. The van der Waals surface area contributed by atoms with Crippen molar-refractivity contribution in [3.8, 4) is 0 Å². The molecule has 1 amide bonds. The summed E-state index contributed by atoms with van der Waals surface area (Å²) in [5.74, 6) is -0.409. The fourth-order valence-corrected chi connectivity index (χ4v) is 1.74. The van der Waals surface area contributed by atoms with Crippen molar-refractivity contribution >= 4 is 17.5 Å². The van der Waals surface area contributed by atoms with Gasteiger partial charge >= 0.3 is 0 Å². The van der Waals surface area contributed by atoms with Crippen LogP contribution in [0, 0.1) is 0 Å². The largest absolute Gasteiger partial charge is 0.368 e. The summed E-state index contributed by atoms with van der Waals surface area (Å²) in [6.07, 6.45) is 3.18. The van der Waals surface area contributed by atoms with E-state index in [1.165, 1.54) is 6.20 Å². The second kappa shape index (κ2) is 4.84. The molecule has 90 valence electrons. The maximum Gasteiger partial charge on any atom is 0.239 e. The number of hydrogen-bond acceptors (Lipinski definition) is 3. The summed E-state index contributed by atoms with van der Waals surface area (Å²) in [6, 6.07) is 0.156. The molecule has 6 heteroatoms. The number of halogens is 1. The SMILES string of the molecule is CC(C)NC(C)(Cn1cc(Cl)cn1)C(N)=O. The van der Waals surface area contributed by atoms with E-state index in [-0.39, 0.29) is 6.04 Å². The quantitative estimate of drug-likeness (QED) is 0.804. The van der Waals surface area contributed by atoms with Gasteiger partial charge in [-0.25, -0.2) is 0 Å². The normalized spacial score (nSPS) is 15.1. The smallest absolute Gasteiger partial charge is 0.239 e. The van der Waals surface area contributed by atoms with Gasteiger partial charge in [0.15, 0.2) is 0 Å². The standard InChI is InChI=1S/C10H17ClN4O/c1-7(2)14-10(3,9(12)16)6-15-5-8(11)4-13-15/h4-5,7,14H,6H2,1-3H3,(H2,12,16). The third-order valence-corrected chi connectivity index (χ3v) is 2.43. The van der Waals surface area contributed by atoms with Crippen LogP contribution in [0.25, 0.3) is 0 Å². The van der Waals surface area contributed by atoms with Gasteiger partial charge in [-0.15, -0.1) is 0 Å². The van der Waals surface area contributed by atoms with Gasteiger partial charge in [0.25, 0.3) is 0 Å². The fraction of sp³-hybridized carbons (Fsp3) is 0.600. The lowest BCUT2D eigenvalue weighted by Gasteiger charge is -2.29. The first kappa shape index (κ1) is 13.0. The molecule has 1 unspecified atom stereocenters. The number of rotatable bonds is 5. The average Bonchev–Trinajstić information content (AvgIpc) is 2.49. The Labute approximate surface area is 99.9 Å². The van der Waals surface area contributed by atoms with Crippen LogP contribution in [0.3, 0.4) is 0 Å². The Kier molecular flexibility index (Phi) is 3.93. The zero-order valence-corrected chi connectivity index (χ0v) is 10.5. The zero-order valence-electron chi connectivity index (χ0n) is 9.70. The van der Waals surface area contributed by atoms with Gasteiger partial charge < -0.3 is 5.73 Å². The van der Waals surface area contributed by atoms with Crippen molar-refractivity contribution in [3.05, 3.63) is 17.4 Å². The van der Waals surface area contributed by atoms with Crippen molar-refractivity contribution in [2.45, 2.75) is 38.9 Å². The van der Waals surface area contributed by atoms with Gasteiger partial charge in [0.2, 0.25) is 5.91 Å². The van der Waals surface area contributed by atoms with E-state index in [0.717, 1.165) is 0 Å². The molecule has 0 fully saturated rings. The molecular formula is C10H17ClN4O. The maximum atomic E-state index is 11.5. The van der Waals surface area contributed by atoms with Gasteiger partial charge in [-0.2, -0.15) is 5.10 Å². The molecule has 0 radical (unpaired) electrons. The summed E-state index contributed by atoms with van der Waals surface area (Å²) >= 11 is 5.75. The third kappa shape index (κ3) is 3.21. The van der Waals surface area contributed by atoms with Crippen LogP contribution >= 0.6 is 11.6 Å². The van der Waals surface area contributed by atoms with Crippen molar-refractivity contribution in [3.63, 3.8) is 0 Å². The first-order chi connectivity index (χ1) is 7.33. The number of nitrogens with two attached hydrogens (primary N) is 1. The van der Waals surface area contributed by atoms with Gasteiger partial charge in [-0.1, -0.05) is 11.6 Å². The number of carbonyl (C=O) groups excluding carboxylic acids is 1. The van der Waals surface area contributed by atoms with E-state index in [0.29, 0.717) is 11.6 Å². The van der Waals surface area contributed by atoms with E-state index in [1.54, 1.807) is 17.8 Å². The van der Waals surface area contributed by atoms with Crippen LogP contribution in [0.1, 0.15) is 20.8 Å². The highest BCUT2D eigenvalue weighted by atomic mass is 35.5. The van der Waals surface area contributed by atoms with Gasteiger partial charge in [-0.3, -0.25) is 14.8 Å². The van der Waals surface area contributed by atoms with Crippen molar-refractivity contribution in [1.82, 2.24) is 15.1 Å². The highest BCUT2D eigenvalue weighted by molar-refractivity contribution is 6.30. The molecule has 0 spiro atoms. The zero-order chi connectivity index (χ0) is 12.3. The molecule has 0 saturated heterocycles. The van der Waals surface area contributed by atoms with E-state index in [9.17, 15) is 4.79 Å². The topological polar surface area (TPSA) is 72.9 Å². The summed E-state index contributed by atoms with van der Waals surface area (Å²) in [4.78, 5) is 11.5. The van der Waals surface area contributed by atoms with Crippen LogP contribution in [0.5, 0.6) is 0 Å². The predicted octanol–water partition coefficient (Wildman–Crippen LogP) is 0.778. The number of amides is 1. The molecule has 1 rings (SSSR count). The first-order valence-electron chi connectivity index (χ1n) is 5.09. The van der Waals surface area contributed by atoms with E-state index in [4.69, 9.17) is 17.3 Å². The monoisotopic (exact) mass is 244 g/mol. The summed E-state index contributed by atoms with van der Waals surface area (Å²) < 4.78 is 1.60. The Bertz CT molecular complexity index is 377. The molecule has 0 bridgehead atoms. The summed E-state index contributed by atoms with van der Waals surface area (Å²) in [6.45, 7) is 6.02. The van der Waals surface area contributed by atoms with Crippen molar-refractivity contribution in [2.24, 2.45) is 5.73 Å². The lowest BCUT2D eigenvalue weighted by molar-refractivity contribution is -0.124. The maximum absolute atomic E-state index is 11.5. The minimum atomic E-state index is -0.830. The summed E-state index contributed by atoms with van der Waals surface area (Å²) in [5, 5.41) is 7.70. The minimum Gasteiger partial charge on any atom is -0.368 e. The van der Waals surface area contributed by atoms with E-state index in [1.807, 2.05) is 13.8 Å². The minimum absolute atomic E-state index is 0.156. The Morgan fingerprint density at radius 1 is 1.75 bits per heavy atom. The van der Waals surface area contributed by atoms with Crippen LogP contribution < -0.4 is 11.1 Å². The number of aromatic nitrogens is 2.